The molecule has 0 aliphatic heterocycles. The summed E-state index contributed by atoms with van der Waals surface area (Å²) in [5, 5.41) is 15.8. The Kier molecular flexibility index (Phi) is 21.2. The van der Waals surface area contributed by atoms with Gasteiger partial charge in [-0.25, -0.2) is 9.59 Å². The molecule has 2 N–H and O–H groups in total. The monoisotopic (exact) mass is 243 g/mol. The van der Waals surface area contributed by atoms with Crippen LogP contribution in [0.15, 0.2) is 24.3 Å². The molecule has 0 saturated carbocycles. The predicted octanol–water partition coefficient (Wildman–Crippen LogP) is -1.70. The van der Waals surface area contributed by atoms with Gasteiger partial charge in [0.2, 0.25) is 0 Å². The predicted molar refractivity (Wildman–Crippen MR) is 44.9 cm³/mol. The summed E-state index contributed by atoms with van der Waals surface area (Å²) in [7, 11) is 0. The van der Waals surface area contributed by atoms with Crippen LogP contribution in [0, 0.1) is 0 Å². The zero-order valence-corrected chi connectivity index (χ0v) is 11.8. The molecule has 0 bridgehead atoms. The van der Waals surface area contributed by atoms with E-state index in [-0.39, 0.29) is 49.5 Å². The van der Waals surface area contributed by atoms with Gasteiger partial charge in [-0.1, -0.05) is 13.2 Å². The SMILES string of the molecule is C=C(C)C(=O)O.C=C(C)C(=O)O.[Li+].[Zn+2]. The minimum absolute atomic E-state index is 0. The smallest absolute Gasteiger partial charge is 0.478 e. The maximum atomic E-state index is 9.60. The molecule has 6 heteroatoms. The van der Waals surface area contributed by atoms with Gasteiger partial charge in [-0.15, -0.1) is 0 Å². The van der Waals surface area contributed by atoms with Crippen LogP contribution in [-0.4, -0.2) is 22.2 Å². The van der Waals surface area contributed by atoms with Gasteiger partial charge < -0.3 is 10.2 Å². The van der Waals surface area contributed by atoms with E-state index in [0.717, 1.165) is 0 Å². The van der Waals surface area contributed by atoms with Gasteiger partial charge in [0.25, 0.3) is 0 Å². The molecular weight excluding hydrogens is 232 g/mol. The first-order valence-corrected chi connectivity index (χ1v) is 3.06. The zero-order valence-electron chi connectivity index (χ0n) is 8.83. The first kappa shape index (κ1) is 23.5. The van der Waals surface area contributed by atoms with Crippen molar-refractivity contribution in [3.05, 3.63) is 24.3 Å². The van der Waals surface area contributed by atoms with Crippen molar-refractivity contribution < 1.29 is 58.1 Å². The standard InChI is InChI=1S/2C4H6O2.Li.Zn/c2*1-3(2)4(5)6;;/h2*1H2,2H3,(H,5,6);;/q;;+1;+2. The summed E-state index contributed by atoms with van der Waals surface area (Å²) in [6, 6.07) is 0. The van der Waals surface area contributed by atoms with Gasteiger partial charge in [0.05, 0.1) is 0 Å². The van der Waals surface area contributed by atoms with Crippen molar-refractivity contribution >= 4 is 11.9 Å². The van der Waals surface area contributed by atoms with Crippen LogP contribution in [0.2, 0.25) is 0 Å². The third-order valence-corrected chi connectivity index (χ3v) is 0.730. The van der Waals surface area contributed by atoms with Crippen molar-refractivity contribution in [1.82, 2.24) is 0 Å². The van der Waals surface area contributed by atoms with Crippen LogP contribution in [0.25, 0.3) is 0 Å². The fourth-order valence-corrected chi connectivity index (χ4v) is 0. The summed E-state index contributed by atoms with van der Waals surface area (Å²) < 4.78 is 0. The molecule has 0 unspecified atom stereocenters. The normalized spacial score (nSPS) is 6.43. The first-order valence-electron chi connectivity index (χ1n) is 3.06. The molecule has 0 fully saturated rings. The summed E-state index contributed by atoms with van der Waals surface area (Å²) in [5.74, 6) is -1.87. The van der Waals surface area contributed by atoms with Gasteiger partial charge in [-0.05, 0) is 13.8 Å². The Morgan fingerprint density at radius 2 is 1.00 bits per heavy atom. The van der Waals surface area contributed by atoms with E-state index in [1.807, 2.05) is 0 Å². The summed E-state index contributed by atoms with van der Waals surface area (Å²) >= 11 is 0. The molecule has 14 heavy (non-hydrogen) atoms. The maximum absolute atomic E-state index is 9.60. The van der Waals surface area contributed by atoms with Gasteiger partial charge in [0.15, 0.2) is 0 Å². The Morgan fingerprint density at radius 3 is 1.00 bits per heavy atom. The van der Waals surface area contributed by atoms with Crippen molar-refractivity contribution in [2.75, 3.05) is 0 Å². The molecule has 0 heterocycles. The van der Waals surface area contributed by atoms with E-state index in [2.05, 4.69) is 13.2 Å². The van der Waals surface area contributed by atoms with Crippen LogP contribution in [0.4, 0.5) is 0 Å². The minimum atomic E-state index is -0.935. The fourth-order valence-electron chi connectivity index (χ4n) is 0. The second-order valence-corrected chi connectivity index (χ2v) is 2.17. The molecule has 0 aromatic heterocycles. The molecule has 0 atom stereocenters. The molecule has 0 aliphatic carbocycles. The number of carboxylic acid groups (broad SMARTS) is 2. The van der Waals surface area contributed by atoms with Crippen molar-refractivity contribution in [2.24, 2.45) is 0 Å². The van der Waals surface area contributed by atoms with E-state index in [1.165, 1.54) is 13.8 Å². The molecule has 0 radical (unpaired) electrons. The molecule has 68 valence electrons. The number of carboxylic acids is 2. The number of hydrogen-bond acceptors (Lipinski definition) is 2. The molecule has 4 nitrogen and oxygen atoms in total. The molecule has 0 spiro atoms. The van der Waals surface area contributed by atoms with Crippen LogP contribution in [0.3, 0.4) is 0 Å². The Balaban J connectivity index is -0.0000000625. The van der Waals surface area contributed by atoms with E-state index >= 15 is 0 Å². The third kappa shape index (κ3) is 22.6. The zero-order chi connectivity index (χ0) is 10.3. The largest absolute Gasteiger partial charge is 2.00 e. The molecule has 0 amide bonds. The summed E-state index contributed by atoms with van der Waals surface area (Å²) in [5.41, 5.74) is 0.352. The van der Waals surface area contributed by atoms with Gasteiger partial charge in [-0.2, -0.15) is 0 Å². The fraction of sp³-hybridized carbons (Fsp3) is 0.250. The first-order chi connectivity index (χ1) is 5.29. The average Bonchev–Trinajstić information content (AvgIpc) is 1.88. The van der Waals surface area contributed by atoms with Crippen molar-refractivity contribution in [2.45, 2.75) is 13.8 Å². The average molecular weight is 245 g/mol. The molecule has 0 rings (SSSR count). The summed E-state index contributed by atoms with van der Waals surface area (Å²) in [4.78, 5) is 19.2. The number of hydrogen-bond donors (Lipinski definition) is 2. The van der Waals surface area contributed by atoms with E-state index in [9.17, 15) is 9.59 Å². The Bertz CT molecular complexity index is 177. The Hall–Kier alpha value is -0.359. The molecule has 0 aliphatic rings. The van der Waals surface area contributed by atoms with Crippen molar-refractivity contribution in [3.8, 4) is 0 Å². The van der Waals surface area contributed by atoms with Gasteiger partial charge in [0.1, 0.15) is 0 Å². The second-order valence-electron chi connectivity index (χ2n) is 2.17. The second kappa shape index (κ2) is 12.6. The van der Waals surface area contributed by atoms with Gasteiger partial charge in [-0.3, -0.25) is 0 Å². The number of carbonyl (C=O) groups is 2. The van der Waals surface area contributed by atoms with Crippen LogP contribution >= 0.6 is 0 Å². The van der Waals surface area contributed by atoms with E-state index < -0.39 is 11.9 Å². The van der Waals surface area contributed by atoms with Crippen molar-refractivity contribution in [3.63, 3.8) is 0 Å². The Labute approximate surface area is 108 Å². The number of rotatable bonds is 2. The quantitative estimate of drug-likeness (QED) is 0.448. The molecule has 0 saturated heterocycles. The van der Waals surface area contributed by atoms with Crippen LogP contribution in [-0.2, 0) is 29.1 Å². The topological polar surface area (TPSA) is 74.6 Å². The summed E-state index contributed by atoms with van der Waals surface area (Å²) in [6.45, 7) is 9.20. The number of aliphatic carboxylic acids is 2. The van der Waals surface area contributed by atoms with Crippen LogP contribution < -0.4 is 18.9 Å². The van der Waals surface area contributed by atoms with Crippen LogP contribution in [0.1, 0.15) is 13.8 Å². The molecule has 0 aromatic carbocycles. The van der Waals surface area contributed by atoms with E-state index in [0.29, 0.717) is 0 Å². The van der Waals surface area contributed by atoms with Gasteiger partial charge in [0, 0.05) is 11.1 Å². The van der Waals surface area contributed by atoms with E-state index in [4.69, 9.17) is 10.2 Å². The molecular formula is C8H12LiO4Zn+3. The maximum Gasteiger partial charge on any atom is 2.00 e. The molecule has 0 aromatic rings. The Morgan fingerprint density at radius 1 is 0.929 bits per heavy atom. The summed E-state index contributed by atoms with van der Waals surface area (Å²) in [6.07, 6.45) is 0. The minimum Gasteiger partial charge on any atom is -0.478 e. The third-order valence-electron chi connectivity index (χ3n) is 0.730. The van der Waals surface area contributed by atoms with E-state index in [1.54, 1.807) is 0 Å². The van der Waals surface area contributed by atoms with Crippen LogP contribution in [0.5, 0.6) is 0 Å². The van der Waals surface area contributed by atoms with Gasteiger partial charge >= 0.3 is 50.3 Å². The van der Waals surface area contributed by atoms with Crippen molar-refractivity contribution in [1.29, 1.82) is 0 Å².